The number of H-pyrrole nitrogens is 1. The predicted molar refractivity (Wildman–Crippen MR) is 132 cm³/mol. The van der Waals surface area contributed by atoms with E-state index in [9.17, 15) is 28.6 Å². The van der Waals surface area contributed by atoms with Gasteiger partial charge in [-0.2, -0.15) is 22.7 Å². The fourth-order valence-corrected chi connectivity index (χ4v) is 4.90. The fourth-order valence-electron chi connectivity index (χ4n) is 3.58. The van der Waals surface area contributed by atoms with E-state index >= 15 is 0 Å². The van der Waals surface area contributed by atoms with Crippen LogP contribution in [0, 0.1) is 41.0 Å². The Morgan fingerprint density at radius 3 is 2.03 bits per heavy atom. The Morgan fingerprint density at radius 2 is 1.42 bits per heavy atom. The minimum atomic E-state index is -3.92. The molecule has 0 aliphatic rings. The molecule has 2 heterocycles. The summed E-state index contributed by atoms with van der Waals surface area (Å²) < 4.78 is 26.4. The van der Waals surface area contributed by atoms with E-state index in [4.69, 9.17) is 0 Å². The Bertz CT molecular complexity index is 1740. The molecule has 0 bridgehead atoms. The van der Waals surface area contributed by atoms with Crippen LogP contribution in [-0.2, 0) is 10.0 Å². The van der Waals surface area contributed by atoms with E-state index in [-0.39, 0.29) is 21.8 Å². The number of fused-ring (bicyclic) bond motifs is 2. The normalized spacial score (nSPS) is 11.3. The van der Waals surface area contributed by atoms with Gasteiger partial charge in [-0.05, 0) is 45.0 Å². The number of nitro groups is 2. The second-order valence-electron chi connectivity index (χ2n) is 8.01. The molecule has 36 heavy (non-hydrogen) atoms. The first-order valence-corrected chi connectivity index (χ1v) is 12.0. The molecule has 0 aliphatic heterocycles. The van der Waals surface area contributed by atoms with Crippen molar-refractivity contribution in [3.8, 4) is 0 Å². The first kappa shape index (κ1) is 24.5. The number of hydrogen-bond donors (Lipinski definition) is 1. The number of aromatic amines is 1. The van der Waals surface area contributed by atoms with Gasteiger partial charge in [0.1, 0.15) is 0 Å². The van der Waals surface area contributed by atoms with Crippen LogP contribution in [0.3, 0.4) is 0 Å². The van der Waals surface area contributed by atoms with Gasteiger partial charge in [0.2, 0.25) is 0 Å². The van der Waals surface area contributed by atoms with Gasteiger partial charge in [0.25, 0.3) is 21.4 Å². The average Bonchev–Trinajstić information content (AvgIpc) is 3.39. The van der Waals surface area contributed by atoms with E-state index in [1.165, 1.54) is 42.5 Å². The van der Waals surface area contributed by atoms with Crippen LogP contribution in [0.25, 0.3) is 21.8 Å². The van der Waals surface area contributed by atoms with Crippen LogP contribution < -0.4 is 0 Å². The number of aryl methyl sites for hydroxylation is 3. The summed E-state index contributed by atoms with van der Waals surface area (Å²) in [5, 5.41) is 33.6. The molecule has 0 radical (unpaired) electrons. The number of hydrogen-bond acceptors (Lipinski definition) is 8. The third-order valence-corrected chi connectivity index (χ3v) is 7.12. The molecule has 0 unspecified atom stereocenters. The summed E-state index contributed by atoms with van der Waals surface area (Å²) in [6, 6.07) is 15.1. The summed E-state index contributed by atoms with van der Waals surface area (Å²) in [7, 11) is -3.92. The van der Waals surface area contributed by atoms with Crippen LogP contribution in [-0.4, -0.2) is 37.6 Å². The Hall–Kier alpha value is -4.65. The van der Waals surface area contributed by atoms with Crippen molar-refractivity contribution in [2.45, 2.75) is 25.7 Å². The van der Waals surface area contributed by atoms with Crippen molar-refractivity contribution in [1.82, 2.24) is 19.4 Å². The minimum absolute atomic E-state index is 0.0685. The smallest absolute Gasteiger partial charge is 0.282 e. The lowest BCUT2D eigenvalue weighted by molar-refractivity contribution is -0.384. The lowest BCUT2D eigenvalue weighted by Crippen LogP contribution is -2.14. The predicted octanol–water partition coefficient (Wildman–Crippen LogP) is 4.58. The number of non-ortho nitro benzene ring substituents is 2. The Labute approximate surface area is 204 Å². The monoisotopic (exact) mass is 508 g/mol. The lowest BCUT2D eigenvalue weighted by atomic mass is 10.2. The standard InChI is InChI=1S/C15H13N3O4S.C8H7N3O2/c1-10-3-6-13(7-4-10)23(21,22)17-15-9-12(18(19)20)5-8-14(15)11(2)16-17;1-5-7-3-2-6(11(12)13)4-8(7)10-9-5/h3-9H,1-2H3;2-4H,1H3,(H,9,10). The summed E-state index contributed by atoms with van der Waals surface area (Å²) in [4.78, 5) is 20.5. The highest BCUT2D eigenvalue weighted by Crippen LogP contribution is 2.27. The summed E-state index contributed by atoms with van der Waals surface area (Å²) in [5.74, 6) is 0. The zero-order valence-corrected chi connectivity index (χ0v) is 20.2. The molecule has 2 aromatic heterocycles. The molecule has 5 aromatic rings. The molecule has 184 valence electrons. The highest BCUT2D eigenvalue weighted by Gasteiger charge is 2.23. The number of benzene rings is 3. The second kappa shape index (κ2) is 9.19. The van der Waals surface area contributed by atoms with Crippen molar-refractivity contribution in [3.05, 3.63) is 97.8 Å². The van der Waals surface area contributed by atoms with Crippen LogP contribution in [0.15, 0.2) is 65.6 Å². The van der Waals surface area contributed by atoms with Crippen LogP contribution >= 0.6 is 0 Å². The van der Waals surface area contributed by atoms with Gasteiger partial charge in [0, 0.05) is 40.7 Å². The maximum absolute atomic E-state index is 12.8. The van der Waals surface area contributed by atoms with E-state index in [1.54, 1.807) is 25.1 Å². The molecule has 1 N–H and O–H groups in total. The van der Waals surface area contributed by atoms with Gasteiger partial charge in [0.05, 0.1) is 31.5 Å². The Balaban J connectivity index is 0.000000197. The molecule has 0 amide bonds. The van der Waals surface area contributed by atoms with Gasteiger partial charge in [-0.1, -0.05) is 17.7 Å². The summed E-state index contributed by atoms with van der Waals surface area (Å²) in [6.07, 6.45) is 0. The van der Waals surface area contributed by atoms with E-state index in [0.29, 0.717) is 16.6 Å². The van der Waals surface area contributed by atoms with E-state index in [1.807, 2.05) is 13.8 Å². The largest absolute Gasteiger partial charge is 0.283 e. The summed E-state index contributed by atoms with van der Waals surface area (Å²) in [5.41, 5.74) is 3.05. The second-order valence-corrected chi connectivity index (χ2v) is 9.78. The first-order chi connectivity index (χ1) is 17.0. The molecule has 3 aromatic carbocycles. The fraction of sp³-hybridized carbons (Fsp3) is 0.130. The number of aromatic nitrogens is 4. The maximum atomic E-state index is 12.8. The van der Waals surface area contributed by atoms with Crippen LogP contribution in [0.1, 0.15) is 17.0 Å². The van der Waals surface area contributed by atoms with Gasteiger partial charge in [0.15, 0.2) is 0 Å². The third kappa shape index (κ3) is 4.51. The lowest BCUT2D eigenvalue weighted by Gasteiger charge is -2.06. The minimum Gasteiger partial charge on any atom is -0.282 e. The molecule has 0 spiro atoms. The molecule has 0 saturated heterocycles. The van der Waals surface area contributed by atoms with Gasteiger partial charge >= 0.3 is 0 Å². The highest BCUT2D eigenvalue weighted by atomic mass is 32.2. The van der Waals surface area contributed by atoms with E-state index in [2.05, 4.69) is 15.3 Å². The summed E-state index contributed by atoms with van der Waals surface area (Å²) >= 11 is 0. The molecule has 13 heteroatoms. The number of nitro benzene ring substituents is 2. The van der Waals surface area contributed by atoms with Crippen LogP contribution in [0.2, 0.25) is 0 Å². The van der Waals surface area contributed by atoms with Crippen molar-refractivity contribution >= 4 is 43.2 Å². The molecule has 0 aliphatic carbocycles. The molecule has 5 rings (SSSR count). The van der Waals surface area contributed by atoms with Crippen molar-refractivity contribution in [1.29, 1.82) is 0 Å². The van der Waals surface area contributed by atoms with E-state index < -0.39 is 19.9 Å². The van der Waals surface area contributed by atoms with Gasteiger partial charge in [-0.15, -0.1) is 0 Å². The topological polar surface area (TPSA) is 167 Å². The molecular weight excluding hydrogens is 488 g/mol. The van der Waals surface area contributed by atoms with E-state index in [0.717, 1.165) is 20.7 Å². The van der Waals surface area contributed by atoms with Crippen LogP contribution in [0.5, 0.6) is 0 Å². The highest BCUT2D eigenvalue weighted by molar-refractivity contribution is 7.90. The van der Waals surface area contributed by atoms with Gasteiger partial charge < -0.3 is 0 Å². The first-order valence-electron chi connectivity index (χ1n) is 10.5. The van der Waals surface area contributed by atoms with Crippen LogP contribution in [0.4, 0.5) is 11.4 Å². The SMILES string of the molecule is Cc1[nH]nc2cc([N+](=O)[O-])ccc12.Cc1ccc(S(=O)(=O)n2nc(C)c3ccc([N+](=O)[O-])cc32)cc1. The number of nitrogens with one attached hydrogen (secondary N) is 1. The van der Waals surface area contributed by atoms with Crippen molar-refractivity contribution in [3.63, 3.8) is 0 Å². The quantitative estimate of drug-likeness (QED) is 0.272. The van der Waals surface area contributed by atoms with Gasteiger partial charge in [-0.3, -0.25) is 25.3 Å². The van der Waals surface area contributed by atoms with Gasteiger partial charge in [-0.25, -0.2) is 0 Å². The molecule has 0 saturated carbocycles. The average molecular weight is 509 g/mol. The Morgan fingerprint density at radius 1 is 0.833 bits per heavy atom. The molecular formula is C23H20N6O6S. The molecule has 12 nitrogen and oxygen atoms in total. The zero-order chi connectivity index (χ0) is 26.2. The number of rotatable bonds is 4. The number of nitrogens with zero attached hydrogens (tertiary/aromatic N) is 5. The molecule has 0 atom stereocenters. The van der Waals surface area contributed by atoms with Crippen molar-refractivity contribution < 1.29 is 18.3 Å². The molecule has 0 fully saturated rings. The Kier molecular flexibility index (Phi) is 6.24. The maximum Gasteiger partial charge on any atom is 0.283 e. The zero-order valence-electron chi connectivity index (χ0n) is 19.4. The summed E-state index contributed by atoms with van der Waals surface area (Å²) in [6.45, 7) is 5.39. The van der Waals surface area contributed by atoms with Crippen molar-refractivity contribution in [2.75, 3.05) is 0 Å². The third-order valence-electron chi connectivity index (χ3n) is 5.52. The van der Waals surface area contributed by atoms with Crippen molar-refractivity contribution in [2.24, 2.45) is 0 Å².